The summed E-state index contributed by atoms with van der Waals surface area (Å²) in [6.07, 6.45) is 0. The molecule has 1 amide bonds. The number of methoxy groups -OCH3 is 6. The first-order valence-electron chi connectivity index (χ1n) is 15.9. The Hall–Kier alpha value is -4.63. The van der Waals surface area contributed by atoms with Crippen molar-refractivity contribution in [2.75, 3.05) is 71.4 Å². The summed E-state index contributed by atoms with van der Waals surface area (Å²) in [5.41, 5.74) is 4.61. The third-order valence-electron chi connectivity index (χ3n) is 7.95. The van der Waals surface area contributed by atoms with E-state index in [1.54, 1.807) is 42.7 Å². The van der Waals surface area contributed by atoms with Crippen LogP contribution in [-0.4, -0.2) is 66.8 Å². The van der Waals surface area contributed by atoms with Crippen LogP contribution < -0.4 is 44.0 Å². The number of hydrogen-bond acceptors (Lipinski definition) is 11. The molecule has 1 heterocycles. The van der Waals surface area contributed by atoms with E-state index in [9.17, 15) is 4.79 Å². The van der Waals surface area contributed by atoms with Gasteiger partial charge in [0.2, 0.25) is 0 Å². The third kappa shape index (κ3) is 9.33. The van der Waals surface area contributed by atoms with Crippen molar-refractivity contribution in [3.8, 4) is 34.5 Å². The number of pyridine rings is 1. The number of rotatable bonds is 18. The minimum Gasteiger partial charge on any atom is -0.497 e. The van der Waals surface area contributed by atoms with Gasteiger partial charge in [-0.15, -0.1) is 0 Å². The van der Waals surface area contributed by atoms with Crippen LogP contribution in [0, 0.1) is 10.5 Å². The lowest BCUT2D eigenvalue weighted by Gasteiger charge is -2.30. The Morgan fingerprint density at radius 3 is 1.66 bits per heavy atom. The molecular weight excluding hydrogens is 755 g/mol. The number of ether oxygens (including phenoxy) is 7. The molecule has 0 radical (unpaired) electrons. The van der Waals surface area contributed by atoms with Crippen LogP contribution in [0.1, 0.15) is 29.3 Å². The predicted molar refractivity (Wildman–Crippen MR) is 203 cm³/mol. The second kappa shape index (κ2) is 18.4. The number of anilines is 3. The highest BCUT2D eigenvalue weighted by atomic mass is 127. The van der Waals surface area contributed by atoms with Crippen LogP contribution in [0.4, 0.5) is 17.2 Å². The number of halogens is 1. The van der Waals surface area contributed by atoms with Crippen molar-refractivity contribution in [2.45, 2.75) is 33.5 Å². The zero-order chi connectivity index (χ0) is 36.2. The molecule has 13 heteroatoms. The van der Waals surface area contributed by atoms with Gasteiger partial charge in [-0.2, -0.15) is 0 Å². The molecule has 2 N–H and O–H groups in total. The lowest BCUT2D eigenvalue weighted by Crippen LogP contribution is -2.28. The first-order valence-corrected chi connectivity index (χ1v) is 17.0. The van der Waals surface area contributed by atoms with Crippen LogP contribution in [0.25, 0.3) is 0 Å². The smallest absolute Gasteiger partial charge is 0.250 e. The van der Waals surface area contributed by atoms with Crippen LogP contribution in [0.3, 0.4) is 0 Å². The van der Waals surface area contributed by atoms with Gasteiger partial charge < -0.3 is 48.7 Å². The average Bonchev–Trinajstić information content (AvgIpc) is 3.14. The molecule has 0 bridgehead atoms. The van der Waals surface area contributed by atoms with E-state index in [1.807, 2.05) is 68.4 Å². The number of aromatic nitrogens is 1. The lowest BCUT2D eigenvalue weighted by molar-refractivity contribution is -0.120. The highest BCUT2D eigenvalue weighted by Gasteiger charge is 2.25. The number of amides is 1. The van der Waals surface area contributed by atoms with E-state index in [0.29, 0.717) is 77.9 Å². The van der Waals surface area contributed by atoms with Crippen molar-refractivity contribution in [2.24, 2.45) is 0 Å². The molecule has 0 unspecified atom stereocenters. The van der Waals surface area contributed by atoms with Crippen molar-refractivity contribution in [1.29, 1.82) is 0 Å². The van der Waals surface area contributed by atoms with Gasteiger partial charge in [0, 0.05) is 61.1 Å². The highest BCUT2D eigenvalue weighted by Crippen LogP contribution is 2.41. The van der Waals surface area contributed by atoms with Gasteiger partial charge in [-0.25, -0.2) is 4.98 Å². The Morgan fingerprint density at radius 1 is 0.720 bits per heavy atom. The highest BCUT2D eigenvalue weighted by molar-refractivity contribution is 14.1. The summed E-state index contributed by atoms with van der Waals surface area (Å²) >= 11 is 2.26. The standard InChI is InChI=1S/C37H45IN4O8/c1-9-50-22-33(43)41-36-35(39-19-24-10-13-27(44-3)16-30(24)47-6)34(38)23(2)40-37(36)42(20-25-11-14-28(45-4)17-31(25)48-7)21-26-12-15-29(46-5)18-32(26)49-8/h10-18H,9,19-22H2,1-8H3,(H,39,40)(H,41,43). The molecule has 0 aliphatic rings. The van der Waals surface area contributed by atoms with Crippen LogP contribution in [0.15, 0.2) is 54.6 Å². The van der Waals surface area contributed by atoms with Crippen LogP contribution >= 0.6 is 22.6 Å². The molecule has 0 spiro atoms. The number of aryl methyl sites for hydroxylation is 1. The van der Waals surface area contributed by atoms with Crippen molar-refractivity contribution in [3.63, 3.8) is 0 Å². The van der Waals surface area contributed by atoms with E-state index in [0.717, 1.165) is 26.0 Å². The van der Waals surface area contributed by atoms with Crippen LogP contribution in [0.5, 0.6) is 34.5 Å². The Labute approximate surface area is 307 Å². The maximum atomic E-state index is 13.4. The van der Waals surface area contributed by atoms with E-state index in [4.69, 9.17) is 38.1 Å². The normalized spacial score (nSPS) is 10.7. The summed E-state index contributed by atoms with van der Waals surface area (Å²) in [6.45, 7) is 5.16. The van der Waals surface area contributed by atoms with Gasteiger partial charge in [-0.1, -0.05) is 0 Å². The van der Waals surface area contributed by atoms with Crippen molar-refractivity contribution in [1.82, 2.24) is 4.98 Å². The maximum Gasteiger partial charge on any atom is 0.250 e. The summed E-state index contributed by atoms with van der Waals surface area (Å²) in [5, 5.41) is 6.70. The topological polar surface area (TPSA) is 122 Å². The Balaban J connectivity index is 1.90. The molecule has 0 aliphatic heterocycles. The second-order valence-corrected chi connectivity index (χ2v) is 12.1. The summed E-state index contributed by atoms with van der Waals surface area (Å²) in [7, 11) is 9.70. The summed E-state index contributed by atoms with van der Waals surface area (Å²) in [5.74, 6) is 4.19. The number of carbonyl (C=O) groups excluding carboxylic acids is 1. The minimum atomic E-state index is -0.316. The quantitative estimate of drug-likeness (QED) is 0.103. The molecule has 12 nitrogen and oxygen atoms in total. The van der Waals surface area contributed by atoms with Gasteiger partial charge >= 0.3 is 0 Å². The summed E-state index contributed by atoms with van der Waals surface area (Å²) in [6, 6.07) is 17.0. The lowest BCUT2D eigenvalue weighted by atomic mass is 10.1. The Morgan fingerprint density at radius 2 is 1.20 bits per heavy atom. The first kappa shape index (κ1) is 38.2. The fourth-order valence-corrected chi connectivity index (χ4v) is 5.89. The zero-order valence-electron chi connectivity index (χ0n) is 29.8. The number of benzene rings is 3. The molecule has 0 saturated heterocycles. The Bertz CT molecular complexity index is 1710. The van der Waals surface area contributed by atoms with Gasteiger partial charge in [0.1, 0.15) is 46.8 Å². The van der Waals surface area contributed by atoms with Gasteiger partial charge in [0.05, 0.1) is 57.6 Å². The van der Waals surface area contributed by atoms with Gasteiger partial charge in [-0.05, 0) is 72.8 Å². The number of carbonyl (C=O) groups is 1. The first-order chi connectivity index (χ1) is 24.2. The fourth-order valence-electron chi connectivity index (χ4n) is 5.31. The summed E-state index contributed by atoms with van der Waals surface area (Å²) < 4.78 is 39.9. The largest absolute Gasteiger partial charge is 0.497 e. The monoisotopic (exact) mass is 800 g/mol. The summed E-state index contributed by atoms with van der Waals surface area (Å²) in [4.78, 5) is 20.6. The molecule has 4 aromatic rings. The Kier molecular flexibility index (Phi) is 14.0. The average molecular weight is 801 g/mol. The van der Waals surface area contributed by atoms with Gasteiger partial charge in [0.25, 0.3) is 5.91 Å². The van der Waals surface area contributed by atoms with Crippen molar-refractivity contribution in [3.05, 3.63) is 80.6 Å². The molecule has 0 fully saturated rings. The minimum absolute atomic E-state index is 0.120. The molecule has 268 valence electrons. The van der Waals surface area contributed by atoms with E-state index in [-0.39, 0.29) is 12.5 Å². The SMILES string of the molecule is CCOCC(=O)Nc1c(N(Cc2ccc(OC)cc2OC)Cc2ccc(OC)cc2OC)nc(C)c(I)c1NCc1ccc(OC)cc1OC. The second-order valence-electron chi connectivity index (χ2n) is 11.0. The third-order valence-corrected chi connectivity index (χ3v) is 9.27. The van der Waals surface area contributed by atoms with E-state index in [1.165, 1.54) is 0 Å². The molecule has 4 rings (SSSR count). The molecule has 3 aromatic carbocycles. The molecule has 0 atom stereocenters. The zero-order valence-corrected chi connectivity index (χ0v) is 31.9. The van der Waals surface area contributed by atoms with E-state index in [2.05, 4.69) is 38.1 Å². The number of nitrogens with zero attached hydrogens (tertiary/aromatic N) is 2. The van der Waals surface area contributed by atoms with Gasteiger partial charge in [-0.3, -0.25) is 4.79 Å². The molecule has 0 aliphatic carbocycles. The van der Waals surface area contributed by atoms with E-state index >= 15 is 0 Å². The van der Waals surface area contributed by atoms with Crippen LogP contribution in [-0.2, 0) is 29.2 Å². The molecule has 1 aromatic heterocycles. The van der Waals surface area contributed by atoms with Crippen LogP contribution in [0.2, 0.25) is 0 Å². The molecular formula is C37H45IN4O8. The van der Waals surface area contributed by atoms with Crippen molar-refractivity contribution < 1.29 is 38.0 Å². The molecule has 0 saturated carbocycles. The van der Waals surface area contributed by atoms with Crippen molar-refractivity contribution >= 4 is 45.7 Å². The predicted octanol–water partition coefficient (Wildman–Crippen LogP) is 6.84. The fraction of sp³-hybridized carbons (Fsp3) is 0.351. The number of nitrogens with one attached hydrogen (secondary N) is 2. The van der Waals surface area contributed by atoms with E-state index < -0.39 is 0 Å². The maximum absolute atomic E-state index is 13.4. The molecule has 50 heavy (non-hydrogen) atoms. The number of hydrogen-bond donors (Lipinski definition) is 2. The van der Waals surface area contributed by atoms with Gasteiger partial charge in [0.15, 0.2) is 5.82 Å².